The van der Waals surface area contributed by atoms with Crippen LogP contribution in [0, 0.1) is 5.92 Å². The predicted octanol–water partition coefficient (Wildman–Crippen LogP) is 3.78. The SMILES string of the molecule is CCC(CCBr)CNC(=O)c1ccc2ncccc2c1. The summed E-state index contributed by atoms with van der Waals surface area (Å²) < 4.78 is 0. The molecule has 0 bridgehead atoms. The minimum absolute atomic E-state index is 0.0104. The van der Waals surface area contributed by atoms with E-state index in [0.717, 1.165) is 35.6 Å². The Morgan fingerprint density at radius 2 is 2.25 bits per heavy atom. The maximum Gasteiger partial charge on any atom is 0.251 e. The molecule has 1 aromatic heterocycles. The fourth-order valence-corrected chi connectivity index (χ4v) is 2.81. The fourth-order valence-electron chi connectivity index (χ4n) is 2.16. The summed E-state index contributed by atoms with van der Waals surface area (Å²) in [6, 6.07) is 9.46. The Morgan fingerprint density at radius 1 is 1.40 bits per heavy atom. The Balaban J connectivity index is 2.03. The summed E-state index contributed by atoms with van der Waals surface area (Å²) in [4.78, 5) is 16.4. The van der Waals surface area contributed by atoms with Crippen molar-refractivity contribution in [3.05, 3.63) is 42.1 Å². The number of nitrogens with one attached hydrogen (secondary N) is 1. The van der Waals surface area contributed by atoms with Crippen LogP contribution in [0.3, 0.4) is 0 Å². The number of pyridine rings is 1. The van der Waals surface area contributed by atoms with Crippen LogP contribution in [0.15, 0.2) is 36.5 Å². The number of nitrogens with zero attached hydrogens (tertiary/aromatic N) is 1. The number of hydrogen-bond acceptors (Lipinski definition) is 2. The third-order valence-corrected chi connectivity index (χ3v) is 3.97. The van der Waals surface area contributed by atoms with Crippen LogP contribution in [0.4, 0.5) is 0 Å². The minimum atomic E-state index is -0.0104. The molecule has 3 nitrogen and oxygen atoms in total. The maximum absolute atomic E-state index is 12.2. The number of fused-ring (bicyclic) bond motifs is 1. The Bertz CT molecular complexity index is 585. The highest BCUT2D eigenvalue weighted by Crippen LogP contribution is 2.14. The largest absolute Gasteiger partial charge is 0.352 e. The second-order valence-electron chi connectivity index (χ2n) is 4.87. The molecule has 4 heteroatoms. The molecule has 20 heavy (non-hydrogen) atoms. The lowest BCUT2D eigenvalue weighted by molar-refractivity contribution is 0.0946. The molecule has 0 aliphatic carbocycles. The van der Waals surface area contributed by atoms with Gasteiger partial charge in [0, 0.05) is 29.0 Å². The van der Waals surface area contributed by atoms with Crippen molar-refractivity contribution in [2.75, 3.05) is 11.9 Å². The minimum Gasteiger partial charge on any atom is -0.352 e. The molecular formula is C16H19BrN2O. The third kappa shape index (κ3) is 3.79. The lowest BCUT2D eigenvalue weighted by atomic mass is 10.0. The highest BCUT2D eigenvalue weighted by Gasteiger charge is 2.10. The molecule has 0 aliphatic rings. The van der Waals surface area contributed by atoms with Gasteiger partial charge in [-0.1, -0.05) is 35.3 Å². The zero-order valence-corrected chi connectivity index (χ0v) is 13.2. The fraction of sp³-hybridized carbons (Fsp3) is 0.375. The van der Waals surface area contributed by atoms with Gasteiger partial charge in [-0.3, -0.25) is 9.78 Å². The quantitative estimate of drug-likeness (QED) is 0.817. The van der Waals surface area contributed by atoms with Crippen molar-refractivity contribution in [1.29, 1.82) is 0 Å². The van der Waals surface area contributed by atoms with Gasteiger partial charge in [-0.15, -0.1) is 0 Å². The van der Waals surface area contributed by atoms with Crippen LogP contribution in [0.1, 0.15) is 30.1 Å². The molecule has 0 saturated heterocycles. The Kier molecular flexibility index (Phi) is 5.53. The van der Waals surface area contributed by atoms with Gasteiger partial charge in [0.25, 0.3) is 5.91 Å². The molecule has 0 radical (unpaired) electrons. The molecule has 106 valence electrons. The molecule has 1 heterocycles. The average molecular weight is 335 g/mol. The monoisotopic (exact) mass is 334 g/mol. The van der Waals surface area contributed by atoms with Gasteiger partial charge >= 0.3 is 0 Å². The number of alkyl halides is 1. The second kappa shape index (κ2) is 7.39. The number of aromatic nitrogens is 1. The highest BCUT2D eigenvalue weighted by molar-refractivity contribution is 9.09. The van der Waals surface area contributed by atoms with Crippen LogP contribution in [-0.4, -0.2) is 22.8 Å². The van der Waals surface area contributed by atoms with E-state index in [1.54, 1.807) is 6.20 Å². The van der Waals surface area contributed by atoms with Gasteiger partial charge in [0.15, 0.2) is 0 Å². The van der Waals surface area contributed by atoms with Crippen LogP contribution >= 0.6 is 15.9 Å². The summed E-state index contributed by atoms with van der Waals surface area (Å²) >= 11 is 3.45. The Labute approximate surface area is 127 Å². The van der Waals surface area contributed by atoms with E-state index in [2.05, 4.69) is 33.2 Å². The smallest absolute Gasteiger partial charge is 0.251 e. The van der Waals surface area contributed by atoms with Gasteiger partial charge < -0.3 is 5.32 Å². The van der Waals surface area contributed by atoms with E-state index >= 15 is 0 Å². The zero-order valence-electron chi connectivity index (χ0n) is 11.6. The van der Waals surface area contributed by atoms with E-state index in [4.69, 9.17) is 0 Å². The molecule has 2 aromatic rings. The molecule has 0 spiro atoms. The normalized spacial score (nSPS) is 12.3. The summed E-state index contributed by atoms with van der Waals surface area (Å²) in [6.45, 7) is 2.88. The lowest BCUT2D eigenvalue weighted by Gasteiger charge is -2.14. The molecular weight excluding hydrogens is 316 g/mol. The topological polar surface area (TPSA) is 42.0 Å². The maximum atomic E-state index is 12.2. The number of amides is 1. The highest BCUT2D eigenvalue weighted by atomic mass is 79.9. The van der Waals surface area contributed by atoms with Crippen molar-refractivity contribution < 1.29 is 4.79 Å². The first-order chi connectivity index (χ1) is 9.74. The molecule has 0 saturated carbocycles. The van der Waals surface area contributed by atoms with Gasteiger partial charge in [-0.25, -0.2) is 0 Å². The number of carbonyl (C=O) groups is 1. The number of carbonyl (C=O) groups excluding carboxylic acids is 1. The van der Waals surface area contributed by atoms with E-state index in [-0.39, 0.29) is 5.91 Å². The Morgan fingerprint density at radius 3 is 3.00 bits per heavy atom. The van der Waals surface area contributed by atoms with Gasteiger partial charge in [0.05, 0.1) is 5.52 Å². The van der Waals surface area contributed by atoms with E-state index in [1.165, 1.54) is 0 Å². The summed E-state index contributed by atoms with van der Waals surface area (Å²) in [6.07, 6.45) is 3.92. The molecule has 0 aliphatic heterocycles. The van der Waals surface area contributed by atoms with Crippen molar-refractivity contribution >= 4 is 32.7 Å². The predicted molar refractivity (Wildman–Crippen MR) is 86.3 cm³/mol. The van der Waals surface area contributed by atoms with E-state index in [1.807, 2.05) is 30.3 Å². The summed E-state index contributed by atoms with van der Waals surface area (Å²) in [7, 11) is 0. The van der Waals surface area contributed by atoms with Crippen LogP contribution in [0.5, 0.6) is 0 Å². The van der Waals surface area contributed by atoms with Gasteiger partial charge in [-0.2, -0.15) is 0 Å². The number of rotatable bonds is 6. The molecule has 0 fully saturated rings. The van der Waals surface area contributed by atoms with Crippen molar-refractivity contribution in [2.45, 2.75) is 19.8 Å². The van der Waals surface area contributed by atoms with E-state index in [9.17, 15) is 4.79 Å². The van der Waals surface area contributed by atoms with E-state index < -0.39 is 0 Å². The first kappa shape index (κ1) is 15.0. The van der Waals surface area contributed by atoms with Gasteiger partial charge in [0.2, 0.25) is 0 Å². The second-order valence-corrected chi connectivity index (χ2v) is 5.67. The zero-order chi connectivity index (χ0) is 14.4. The summed E-state index contributed by atoms with van der Waals surface area (Å²) in [5, 5.41) is 4.99. The molecule has 1 aromatic carbocycles. The van der Waals surface area contributed by atoms with Gasteiger partial charge in [0.1, 0.15) is 0 Å². The van der Waals surface area contributed by atoms with Gasteiger partial charge in [-0.05, 0) is 36.6 Å². The van der Waals surface area contributed by atoms with Crippen LogP contribution in [0.25, 0.3) is 10.9 Å². The van der Waals surface area contributed by atoms with Crippen LogP contribution < -0.4 is 5.32 Å². The summed E-state index contributed by atoms with van der Waals surface area (Å²) in [5.41, 5.74) is 1.61. The number of halogens is 1. The third-order valence-electron chi connectivity index (χ3n) is 3.51. The van der Waals surface area contributed by atoms with Crippen molar-refractivity contribution in [2.24, 2.45) is 5.92 Å². The first-order valence-corrected chi connectivity index (χ1v) is 8.05. The molecule has 1 amide bonds. The van der Waals surface area contributed by atoms with E-state index in [0.29, 0.717) is 11.5 Å². The first-order valence-electron chi connectivity index (χ1n) is 6.93. The number of benzene rings is 1. The molecule has 1 unspecified atom stereocenters. The molecule has 1 atom stereocenters. The molecule has 2 rings (SSSR count). The number of hydrogen-bond donors (Lipinski definition) is 1. The van der Waals surface area contributed by atoms with Crippen molar-refractivity contribution in [3.63, 3.8) is 0 Å². The molecule has 1 N–H and O–H groups in total. The van der Waals surface area contributed by atoms with Crippen LogP contribution in [0.2, 0.25) is 0 Å². The summed E-state index contributed by atoms with van der Waals surface area (Å²) in [5.74, 6) is 0.518. The van der Waals surface area contributed by atoms with Crippen LogP contribution in [-0.2, 0) is 0 Å². The standard InChI is InChI=1S/C16H19BrN2O/c1-2-12(7-8-17)11-19-16(20)14-5-6-15-13(10-14)4-3-9-18-15/h3-6,9-10,12H,2,7-8,11H2,1H3,(H,19,20). The Hall–Kier alpha value is -1.42. The lowest BCUT2D eigenvalue weighted by Crippen LogP contribution is -2.29. The average Bonchev–Trinajstić information content (AvgIpc) is 2.50. The van der Waals surface area contributed by atoms with Crippen molar-refractivity contribution in [3.8, 4) is 0 Å². The van der Waals surface area contributed by atoms with Crippen molar-refractivity contribution in [1.82, 2.24) is 10.3 Å².